The summed E-state index contributed by atoms with van der Waals surface area (Å²) in [5.41, 5.74) is 0.274. The molecular weight excluding hydrogens is 298 g/mol. The van der Waals surface area contributed by atoms with Gasteiger partial charge in [0.25, 0.3) is 0 Å². The van der Waals surface area contributed by atoms with Gasteiger partial charge in [0.15, 0.2) is 0 Å². The van der Waals surface area contributed by atoms with Gasteiger partial charge in [-0.05, 0) is 31.2 Å². The lowest BCUT2D eigenvalue weighted by Gasteiger charge is -2.26. The summed E-state index contributed by atoms with van der Waals surface area (Å²) in [6.45, 7) is 3.72. The van der Waals surface area contributed by atoms with Crippen LogP contribution in [0.4, 0.5) is 0 Å². The van der Waals surface area contributed by atoms with Crippen LogP contribution in [0.2, 0.25) is 5.02 Å². The summed E-state index contributed by atoms with van der Waals surface area (Å²) in [4.78, 5) is 0.134. The molecule has 0 spiro atoms. The van der Waals surface area contributed by atoms with Crippen molar-refractivity contribution < 1.29 is 8.42 Å². The van der Waals surface area contributed by atoms with E-state index in [1.165, 1.54) is 22.5 Å². The molecule has 1 aromatic carbocycles. The van der Waals surface area contributed by atoms with E-state index >= 15 is 0 Å². The maximum atomic E-state index is 12.7. The molecule has 1 fully saturated rings. The van der Waals surface area contributed by atoms with E-state index in [0.29, 0.717) is 13.1 Å². The van der Waals surface area contributed by atoms with Crippen LogP contribution in [0.1, 0.15) is 18.9 Å². The smallest absolute Gasteiger partial charge is 0.243 e. The van der Waals surface area contributed by atoms with Gasteiger partial charge in [0, 0.05) is 19.1 Å². The average molecular weight is 314 g/mol. The van der Waals surface area contributed by atoms with E-state index in [0.717, 1.165) is 13.0 Å². The van der Waals surface area contributed by atoms with Crippen molar-refractivity contribution in [2.45, 2.75) is 24.3 Å². The molecule has 108 valence electrons. The van der Waals surface area contributed by atoms with Crippen molar-refractivity contribution in [1.82, 2.24) is 9.62 Å². The third-order valence-electron chi connectivity index (χ3n) is 3.42. The first-order chi connectivity index (χ1) is 9.50. The van der Waals surface area contributed by atoms with E-state index in [1.54, 1.807) is 0 Å². The Balaban J connectivity index is 2.38. The Kier molecular flexibility index (Phi) is 4.66. The monoisotopic (exact) mass is 313 g/mol. The molecule has 1 saturated heterocycles. The Morgan fingerprint density at radius 2 is 2.30 bits per heavy atom. The molecule has 20 heavy (non-hydrogen) atoms. The molecule has 5 nitrogen and oxygen atoms in total. The molecule has 7 heteroatoms. The molecule has 1 heterocycles. The third-order valence-corrected chi connectivity index (χ3v) is 5.76. The van der Waals surface area contributed by atoms with Gasteiger partial charge in [0.2, 0.25) is 10.0 Å². The van der Waals surface area contributed by atoms with E-state index < -0.39 is 10.0 Å². The number of nitriles is 1. The van der Waals surface area contributed by atoms with Crippen molar-refractivity contribution in [3.8, 4) is 6.07 Å². The third kappa shape index (κ3) is 2.81. The fraction of sp³-hybridized carbons (Fsp3) is 0.462. The molecular formula is C13H16ClN3O2S. The maximum absolute atomic E-state index is 12.7. The lowest BCUT2D eigenvalue weighted by Crippen LogP contribution is -2.41. The minimum absolute atomic E-state index is 0.0283. The lowest BCUT2D eigenvalue weighted by molar-refractivity contribution is 0.349. The zero-order valence-corrected chi connectivity index (χ0v) is 12.7. The number of nitrogens with zero attached hydrogens (tertiary/aromatic N) is 2. The summed E-state index contributed by atoms with van der Waals surface area (Å²) < 4.78 is 26.8. The Hall–Kier alpha value is -1.13. The van der Waals surface area contributed by atoms with Gasteiger partial charge < -0.3 is 5.32 Å². The van der Waals surface area contributed by atoms with E-state index in [-0.39, 0.29) is 21.5 Å². The van der Waals surface area contributed by atoms with Crippen LogP contribution in [0.5, 0.6) is 0 Å². The molecule has 1 aliphatic heterocycles. The van der Waals surface area contributed by atoms with E-state index in [4.69, 9.17) is 16.9 Å². The highest BCUT2D eigenvalue weighted by Crippen LogP contribution is 2.25. The van der Waals surface area contributed by atoms with Crippen LogP contribution in [0.25, 0.3) is 0 Å². The van der Waals surface area contributed by atoms with Gasteiger partial charge in [-0.2, -0.15) is 9.57 Å². The molecule has 0 bridgehead atoms. The van der Waals surface area contributed by atoms with Crippen molar-refractivity contribution in [2.75, 3.05) is 19.6 Å². The number of nitrogens with one attached hydrogen (secondary N) is 1. The molecule has 0 aromatic heterocycles. The topological polar surface area (TPSA) is 73.2 Å². The quantitative estimate of drug-likeness (QED) is 0.916. The molecule has 1 aromatic rings. The fourth-order valence-electron chi connectivity index (χ4n) is 2.39. The molecule has 1 unspecified atom stereocenters. The molecule has 1 aliphatic rings. The Labute approximate surface area is 124 Å². The lowest BCUT2D eigenvalue weighted by atomic mass is 10.2. The maximum Gasteiger partial charge on any atom is 0.243 e. The number of rotatable bonds is 4. The van der Waals surface area contributed by atoms with Crippen molar-refractivity contribution in [3.63, 3.8) is 0 Å². The molecule has 0 saturated carbocycles. The minimum atomic E-state index is -3.58. The molecule has 1 atom stereocenters. The van der Waals surface area contributed by atoms with Gasteiger partial charge >= 0.3 is 0 Å². The van der Waals surface area contributed by atoms with Crippen LogP contribution in [0.3, 0.4) is 0 Å². The normalized spacial score (nSPS) is 19.2. The van der Waals surface area contributed by atoms with Crippen molar-refractivity contribution in [1.29, 1.82) is 5.26 Å². The fourth-order valence-corrected chi connectivity index (χ4v) is 4.37. The summed E-state index contributed by atoms with van der Waals surface area (Å²) in [6.07, 6.45) is 0.803. The highest BCUT2D eigenvalue weighted by Gasteiger charge is 2.32. The van der Waals surface area contributed by atoms with Crippen molar-refractivity contribution >= 4 is 21.6 Å². The Morgan fingerprint density at radius 3 is 2.80 bits per heavy atom. The molecule has 0 radical (unpaired) electrons. The van der Waals surface area contributed by atoms with Crippen molar-refractivity contribution in [2.24, 2.45) is 0 Å². The first-order valence-corrected chi connectivity index (χ1v) is 8.24. The Morgan fingerprint density at radius 1 is 1.55 bits per heavy atom. The predicted octanol–water partition coefficient (Wildman–Crippen LogP) is 1.58. The van der Waals surface area contributed by atoms with Crippen LogP contribution in [0.15, 0.2) is 23.1 Å². The first-order valence-electron chi connectivity index (χ1n) is 6.43. The average Bonchev–Trinajstić information content (AvgIpc) is 2.93. The van der Waals surface area contributed by atoms with Gasteiger partial charge in [-0.25, -0.2) is 8.42 Å². The number of sulfonamides is 1. The summed E-state index contributed by atoms with van der Waals surface area (Å²) in [5, 5.41) is 12.2. The highest BCUT2D eigenvalue weighted by atomic mass is 35.5. The van der Waals surface area contributed by atoms with Gasteiger partial charge in [-0.3, -0.25) is 0 Å². The van der Waals surface area contributed by atoms with E-state index in [9.17, 15) is 8.42 Å². The summed E-state index contributed by atoms with van der Waals surface area (Å²) in [6, 6.07) is 6.12. The standard InChI is InChI=1S/C13H16ClN3O2S/c1-2-17(11-5-6-16-9-11)20(18,19)12-4-3-10(8-15)13(14)7-12/h3-4,7,11,16H,2,5-6,9H2,1H3. The molecule has 0 aliphatic carbocycles. The van der Waals surface area contributed by atoms with Gasteiger partial charge in [0.05, 0.1) is 15.5 Å². The number of hydrogen-bond donors (Lipinski definition) is 1. The highest BCUT2D eigenvalue weighted by molar-refractivity contribution is 7.89. The number of likely N-dealkylation sites (N-methyl/N-ethyl adjacent to an activating group) is 1. The van der Waals surface area contributed by atoms with E-state index in [2.05, 4.69) is 5.32 Å². The summed E-state index contributed by atoms with van der Waals surface area (Å²) >= 11 is 5.93. The van der Waals surface area contributed by atoms with Crippen molar-refractivity contribution in [3.05, 3.63) is 28.8 Å². The largest absolute Gasteiger partial charge is 0.315 e. The first kappa shape index (κ1) is 15.3. The second-order valence-electron chi connectivity index (χ2n) is 4.61. The van der Waals surface area contributed by atoms with Crippen LogP contribution < -0.4 is 5.32 Å². The van der Waals surface area contributed by atoms with Gasteiger partial charge in [-0.15, -0.1) is 0 Å². The number of halogens is 1. The van der Waals surface area contributed by atoms with Crippen LogP contribution in [-0.2, 0) is 10.0 Å². The minimum Gasteiger partial charge on any atom is -0.315 e. The molecule has 0 amide bonds. The Bertz CT molecular complexity index is 634. The zero-order chi connectivity index (χ0) is 14.8. The SMILES string of the molecule is CCN(C1CCNC1)S(=O)(=O)c1ccc(C#N)c(Cl)c1. The molecule has 2 rings (SSSR count). The van der Waals surface area contributed by atoms with Crippen LogP contribution in [-0.4, -0.2) is 38.4 Å². The van der Waals surface area contributed by atoms with Gasteiger partial charge in [-0.1, -0.05) is 18.5 Å². The second-order valence-corrected chi connectivity index (χ2v) is 6.91. The summed E-state index contributed by atoms with van der Waals surface area (Å²) in [7, 11) is -3.58. The van der Waals surface area contributed by atoms with E-state index in [1.807, 2.05) is 13.0 Å². The predicted molar refractivity (Wildman–Crippen MR) is 77.0 cm³/mol. The number of benzene rings is 1. The summed E-state index contributed by atoms with van der Waals surface area (Å²) in [5.74, 6) is 0. The van der Waals surface area contributed by atoms with Crippen LogP contribution in [0, 0.1) is 11.3 Å². The second kappa shape index (κ2) is 6.10. The van der Waals surface area contributed by atoms with Crippen LogP contribution >= 0.6 is 11.6 Å². The molecule has 1 N–H and O–H groups in total. The van der Waals surface area contributed by atoms with Gasteiger partial charge in [0.1, 0.15) is 6.07 Å². The number of hydrogen-bond acceptors (Lipinski definition) is 4. The zero-order valence-electron chi connectivity index (χ0n) is 11.1.